The monoisotopic (exact) mass is 241 g/mol. The Balaban J connectivity index is 1.53. The highest BCUT2D eigenvalue weighted by Gasteiger charge is 2.18. The Morgan fingerprint density at radius 1 is 1.29 bits per heavy atom. The molecule has 4 nitrogen and oxygen atoms in total. The third kappa shape index (κ3) is 4.64. The van der Waals surface area contributed by atoms with Crippen LogP contribution in [0.4, 0.5) is 0 Å². The summed E-state index contributed by atoms with van der Waals surface area (Å²) < 4.78 is 10.6. The summed E-state index contributed by atoms with van der Waals surface area (Å²) in [5, 5.41) is 3.33. The minimum absolute atomic E-state index is 0.0565. The molecule has 17 heavy (non-hydrogen) atoms. The van der Waals surface area contributed by atoms with Gasteiger partial charge >= 0.3 is 5.97 Å². The van der Waals surface area contributed by atoms with Gasteiger partial charge in [-0.15, -0.1) is 0 Å². The summed E-state index contributed by atoms with van der Waals surface area (Å²) in [5.41, 5.74) is 0. The molecule has 4 heteroatoms. The molecule has 1 unspecified atom stereocenters. The van der Waals surface area contributed by atoms with Crippen LogP contribution < -0.4 is 5.32 Å². The molecule has 0 bridgehead atoms. The van der Waals surface area contributed by atoms with Crippen LogP contribution in [-0.2, 0) is 14.3 Å². The van der Waals surface area contributed by atoms with Gasteiger partial charge in [0.15, 0.2) is 0 Å². The molecule has 2 fully saturated rings. The molecule has 2 aliphatic rings. The molecule has 0 spiro atoms. The Kier molecular flexibility index (Phi) is 5.26. The fourth-order valence-electron chi connectivity index (χ4n) is 2.53. The first kappa shape index (κ1) is 12.8. The maximum atomic E-state index is 11.5. The number of piperidine rings is 1. The minimum atomic E-state index is -0.0565. The Morgan fingerprint density at radius 2 is 2.12 bits per heavy atom. The molecule has 2 rings (SSSR count). The van der Waals surface area contributed by atoms with Crippen LogP contribution in [0.5, 0.6) is 0 Å². The lowest BCUT2D eigenvalue weighted by molar-refractivity contribution is -0.147. The maximum absolute atomic E-state index is 11.5. The van der Waals surface area contributed by atoms with Crippen molar-refractivity contribution >= 4 is 5.97 Å². The third-order valence-electron chi connectivity index (χ3n) is 3.67. The number of ether oxygens (including phenoxy) is 2. The van der Waals surface area contributed by atoms with Crippen molar-refractivity contribution in [1.29, 1.82) is 0 Å². The fourth-order valence-corrected chi connectivity index (χ4v) is 2.53. The zero-order chi connectivity index (χ0) is 11.9. The van der Waals surface area contributed by atoms with Crippen LogP contribution in [0.25, 0.3) is 0 Å². The quantitative estimate of drug-likeness (QED) is 0.741. The van der Waals surface area contributed by atoms with E-state index in [0.717, 1.165) is 39.0 Å². The number of carbonyl (C=O) groups excluding carboxylic acids is 1. The van der Waals surface area contributed by atoms with Crippen molar-refractivity contribution in [3.05, 3.63) is 0 Å². The first-order valence-corrected chi connectivity index (χ1v) is 6.82. The lowest BCUT2D eigenvalue weighted by Gasteiger charge is -2.22. The molecule has 0 saturated carbocycles. The maximum Gasteiger partial charge on any atom is 0.305 e. The van der Waals surface area contributed by atoms with Crippen LogP contribution in [0.3, 0.4) is 0 Å². The Morgan fingerprint density at radius 3 is 2.82 bits per heavy atom. The minimum Gasteiger partial charge on any atom is -0.463 e. The van der Waals surface area contributed by atoms with E-state index in [2.05, 4.69) is 5.32 Å². The molecule has 2 aliphatic heterocycles. The zero-order valence-corrected chi connectivity index (χ0v) is 10.5. The van der Waals surface area contributed by atoms with E-state index in [9.17, 15) is 4.79 Å². The summed E-state index contributed by atoms with van der Waals surface area (Å²) in [5.74, 6) is 0.644. The molecule has 0 radical (unpaired) electrons. The highest BCUT2D eigenvalue weighted by molar-refractivity contribution is 5.69. The second-order valence-corrected chi connectivity index (χ2v) is 5.05. The number of nitrogens with one attached hydrogen (secondary N) is 1. The van der Waals surface area contributed by atoms with Gasteiger partial charge in [-0.2, -0.15) is 0 Å². The van der Waals surface area contributed by atoms with Gasteiger partial charge in [0.2, 0.25) is 0 Å². The van der Waals surface area contributed by atoms with Gasteiger partial charge in [0.05, 0.1) is 6.10 Å². The number of hydrogen-bond donors (Lipinski definition) is 1. The van der Waals surface area contributed by atoms with Crippen LogP contribution in [0.1, 0.15) is 38.5 Å². The molecule has 0 aromatic rings. The van der Waals surface area contributed by atoms with E-state index >= 15 is 0 Å². The summed E-state index contributed by atoms with van der Waals surface area (Å²) in [6.45, 7) is 3.45. The van der Waals surface area contributed by atoms with Crippen molar-refractivity contribution in [2.45, 2.75) is 44.6 Å². The summed E-state index contributed by atoms with van der Waals surface area (Å²) in [6, 6.07) is 0. The van der Waals surface area contributed by atoms with Gasteiger partial charge in [0.1, 0.15) is 6.61 Å². The molecule has 1 N–H and O–H groups in total. The Bertz CT molecular complexity index is 233. The van der Waals surface area contributed by atoms with Crippen molar-refractivity contribution in [3.8, 4) is 0 Å². The lowest BCUT2D eigenvalue weighted by Crippen LogP contribution is -2.28. The summed E-state index contributed by atoms with van der Waals surface area (Å²) in [6.07, 6.45) is 6.21. The molecular formula is C13H23NO3. The number of carbonyl (C=O) groups is 1. The Labute approximate surface area is 103 Å². The SMILES string of the molecule is O=C(CCC1CCNCC1)OCC1CCCO1. The lowest BCUT2D eigenvalue weighted by atomic mass is 9.93. The first-order valence-electron chi connectivity index (χ1n) is 6.82. The van der Waals surface area contributed by atoms with E-state index in [1.807, 2.05) is 0 Å². The molecule has 98 valence electrons. The van der Waals surface area contributed by atoms with Crippen molar-refractivity contribution < 1.29 is 14.3 Å². The molecule has 0 aliphatic carbocycles. The normalized spacial score (nSPS) is 26.0. The van der Waals surface area contributed by atoms with Crippen molar-refractivity contribution in [3.63, 3.8) is 0 Å². The number of rotatable bonds is 5. The molecule has 0 aromatic heterocycles. The molecule has 1 atom stereocenters. The topological polar surface area (TPSA) is 47.6 Å². The van der Waals surface area contributed by atoms with Crippen LogP contribution in [0, 0.1) is 5.92 Å². The standard InChI is InChI=1S/C13H23NO3/c15-13(17-10-12-2-1-9-16-12)4-3-11-5-7-14-8-6-11/h11-12,14H,1-10H2. The second-order valence-electron chi connectivity index (χ2n) is 5.05. The van der Waals surface area contributed by atoms with Crippen LogP contribution in [0.15, 0.2) is 0 Å². The molecule has 0 aromatic carbocycles. The van der Waals surface area contributed by atoms with Gasteiger partial charge in [0.25, 0.3) is 0 Å². The van der Waals surface area contributed by atoms with Crippen LogP contribution in [0.2, 0.25) is 0 Å². The van der Waals surface area contributed by atoms with E-state index in [-0.39, 0.29) is 12.1 Å². The van der Waals surface area contributed by atoms with E-state index in [4.69, 9.17) is 9.47 Å². The highest BCUT2D eigenvalue weighted by Crippen LogP contribution is 2.18. The smallest absolute Gasteiger partial charge is 0.305 e. The van der Waals surface area contributed by atoms with E-state index in [1.165, 1.54) is 12.8 Å². The molecule has 2 heterocycles. The van der Waals surface area contributed by atoms with Gasteiger partial charge in [-0.05, 0) is 51.1 Å². The largest absolute Gasteiger partial charge is 0.463 e. The number of esters is 1. The average Bonchev–Trinajstić information content (AvgIpc) is 2.88. The first-order chi connectivity index (χ1) is 8.34. The second kappa shape index (κ2) is 6.97. The molecular weight excluding hydrogens is 218 g/mol. The fraction of sp³-hybridized carbons (Fsp3) is 0.923. The molecule has 2 saturated heterocycles. The van der Waals surface area contributed by atoms with E-state index in [1.54, 1.807) is 0 Å². The molecule has 0 amide bonds. The van der Waals surface area contributed by atoms with Crippen LogP contribution in [-0.4, -0.2) is 38.4 Å². The number of hydrogen-bond acceptors (Lipinski definition) is 4. The summed E-state index contributed by atoms with van der Waals surface area (Å²) in [4.78, 5) is 11.5. The van der Waals surface area contributed by atoms with Crippen LogP contribution >= 0.6 is 0 Å². The van der Waals surface area contributed by atoms with Gasteiger partial charge in [-0.3, -0.25) is 4.79 Å². The van der Waals surface area contributed by atoms with E-state index in [0.29, 0.717) is 18.9 Å². The van der Waals surface area contributed by atoms with Gasteiger partial charge in [-0.1, -0.05) is 0 Å². The van der Waals surface area contributed by atoms with Crippen molar-refractivity contribution in [1.82, 2.24) is 5.32 Å². The average molecular weight is 241 g/mol. The summed E-state index contributed by atoms with van der Waals surface area (Å²) >= 11 is 0. The van der Waals surface area contributed by atoms with Gasteiger partial charge < -0.3 is 14.8 Å². The van der Waals surface area contributed by atoms with Gasteiger partial charge in [-0.25, -0.2) is 0 Å². The summed E-state index contributed by atoms with van der Waals surface area (Å²) in [7, 11) is 0. The highest BCUT2D eigenvalue weighted by atomic mass is 16.6. The predicted molar refractivity (Wildman–Crippen MR) is 64.8 cm³/mol. The third-order valence-corrected chi connectivity index (χ3v) is 3.67. The van der Waals surface area contributed by atoms with E-state index < -0.39 is 0 Å². The zero-order valence-electron chi connectivity index (χ0n) is 10.5. The van der Waals surface area contributed by atoms with Crippen molar-refractivity contribution in [2.24, 2.45) is 5.92 Å². The Hall–Kier alpha value is -0.610. The van der Waals surface area contributed by atoms with Crippen molar-refractivity contribution in [2.75, 3.05) is 26.3 Å². The predicted octanol–water partition coefficient (Wildman–Crippen LogP) is 1.49. The van der Waals surface area contributed by atoms with Gasteiger partial charge in [0, 0.05) is 13.0 Å².